The van der Waals surface area contributed by atoms with Crippen LogP contribution in [-0.4, -0.2) is 11.7 Å². The monoisotopic (exact) mass is 283 g/mol. The number of rotatable bonds is 4. The van der Waals surface area contributed by atoms with Crippen LogP contribution in [-0.2, 0) is 9.59 Å². The standard InChI is InChI=1S/C12H14BrNO2/c1-3-11(8(2)15)12(16)14-10-6-4-5-9(13)7-10/h4-7,11H,3H2,1-2H3,(H,14,16). The number of halogens is 1. The van der Waals surface area contributed by atoms with Gasteiger partial charge in [-0.3, -0.25) is 9.59 Å². The first kappa shape index (κ1) is 12.9. The topological polar surface area (TPSA) is 46.2 Å². The minimum absolute atomic E-state index is 0.102. The van der Waals surface area contributed by atoms with Crippen LogP contribution in [0.3, 0.4) is 0 Å². The lowest BCUT2D eigenvalue weighted by Gasteiger charge is -2.11. The number of anilines is 1. The molecule has 4 heteroatoms. The van der Waals surface area contributed by atoms with Gasteiger partial charge in [-0.2, -0.15) is 0 Å². The van der Waals surface area contributed by atoms with E-state index < -0.39 is 5.92 Å². The van der Waals surface area contributed by atoms with E-state index >= 15 is 0 Å². The molecule has 1 rings (SSSR count). The summed E-state index contributed by atoms with van der Waals surface area (Å²) in [7, 11) is 0. The molecule has 0 aliphatic heterocycles. The molecule has 3 nitrogen and oxygen atoms in total. The SMILES string of the molecule is CCC(C(C)=O)C(=O)Nc1cccc(Br)c1. The fourth-order valence-electron chi connectivity index (χ4n) is 1.45. The molecule has 1 unspecified atom stereocenters. The number of ketones is 1. The Labute approximate surface area is 103 Å². The van der Waals surface area contributed by atoms with Gasteiger partial charge in [0, 0.05) is 10.2 Å². The van der Waals surface area contributed by atoms with Gasteiger partial charge in [-0.1, -0.05) is 28.9 Å². The average Bonchev–Trinajstić information content (AvgIpc) is 2.17. The maximum absolute atomic E-state index is 11.7. The lowest BCUT2D eigenvalue weighted by Crippen LogP contribution is -2.27. The number of hydrogen-bond donors (Lipinski definition) is 1. The molecule has 0 saturated heterocycles. The van der Waals surface area contributed by atoms with Crippen molar-refractivity contribution in [2.75, 3.05) is 5.32 Å². The minimum atomic E-state index is -0.556. The van der Waals surface area contributed by atoms with Gasteiger partial charge >= 0.3 is 0 Å². The normalized spacial score (nSPS) is 11.9. The summed E-state index contributed by atoms with van der Waals surface area (Å²) in [4.78, 5) is 23.0. The molecule has 0 aromatic heterocycles. The van der Waals surface area contributed by atoms with Crippen LogP contribution in [0.5, 0.6) is 0 Å². The Kier molecular flexibility index (Phi) is 4.68. The quantitative estimate of drug-likeness (QED) is 0.864. The Bertz CT molecular complexity index is 404. The fraction of sp³-hybridized carbons (Fsp3) is 0.333. The molecule has 1 amide bonds. The maximum atomic E-state index is 11.7. The third-order valence-corrected chi connectivity index (χ3v) is 2.80. The van der Waals surface area contributed by atoms with E-state index in [4.69, 9.17) is 0 Å². The van der Waals surface area contributed by atoms with Crippen molar-refractivity contribution in [1.29, 1.82) is 0 Å². The van der Waals surface area contributed by atoms with Crippen molar-refractivity contribution >= 4 is 33.3 Å². The molecular weight excluding hydrogens is 270 g/mol. The van der Waals surface area contributed by atoms with E-state index in [2.05, 4.69) is 21.2 Å². The van der Waals surface area contributed by atoms with Crippen LogP contribution in [0.1, 0.15) is 20.3 Å². The average molecular weight is 284 g/mol. The fourth-order valence-corrected chi connectivity index (χ4v) is 1.85. The molecule has 86 valence electrons. The number of nitrogens with one attached hydrogen (secondary N) is 1. The molecule has 0 aliphatic rings. The van der Waals surface area contributed by atoms with Gasteiger partial charge in [-0.05, 0) is 31.5 Å². The number of amides is 1. The molecule has 0 saturated carbocycles. The first-order valence-corrected chi connectivity index (χ1v) is 5.90. The maximum Gasteiger partial charge on any atom is 0.234 e. The zero-order valence-electron chi connectivity index (χ0n) is 9.29. The van der Waals surface area contributed by atoms with Crippen LogP contribution in [0.2, 0.25) is 0 Å². The van der Waals surface area contributed by atoms with Crippen molar-refractivity contribution in [3.05, 3.63) is 28.7 Å². The second-order valence-corrected chi connectivity index (χ2v) is 4.49. The van der Waals surface area contributed by atoms with Crippen LogP contribution in [0.25, 0.3) is 0 Å². The first-order chi connectivity index (χ1) is 7.54. The molecule has 1 N–H and O–H groups in total. The summed E-state index contributed by atoms with van der Waals surface area (Å²) in [6.45, 7) is 3.27. The highest BCUT2D eigenvalue weighted by atomic mass is 79.9. The molecule has 0 heterocycles. The first-order valence-electron chi connectivity index (χ1n) is 5.11. The number of hydrogen-bond acceptors (Lipinski definition) is 2. The third-order valence-electron chi connectivity index (χ3n) is 2.31. The van der Waals surface area contributed by atoms with E-state index in [0.717, 1.165) is 4.47 Å². The summed E-state index contributed by atoms with van der Waals surface area (Å²) in [6, 6.07) is 7.28. The molecule has 16 heavy (non-hydrogen) atoms. The number of benzene rings is 1. The molecule has 1 aromatic rings. The summed E-state index contributed by atoms with van der Waals surface area (Å²) in [5, 5.41) is 2.73. The van der Waals surface area contributed by atoms with Crippen LogP contribution in [0.4, 0.5) is 5.69 Å². The van der Waals surface area contributed by atoms with E-state index in [-0.39, 0.29) is 11.7 Å². The Morgan fingerprint density at radius 1 is 1.44 bits per heavy atom. The molecule has 1 atom stereocenters. The van der Waals surface area contributed by atoms with Crippen LogP contribution < -0.4 is 5.32 Å². The zero-order valence-corrected chi connectivity index (χ0v) is 10.9. The van der Waals surface area contributed by atoms with Gasteiger partial charge in [0.05, 0.1) is 5.92 Å². The Hall–Kier alpha value is -1.16. The van der Waals surface area contributed by atoms with Crippen molar-refractivity contribution in [2.24, 2.45) is 5.92 Å². The van der Waals surface area contributed by atoms with Gasteiger partial charge in [-0.25, -0.2) is 0 Å². The van der Waals surface area contributed by atoms with Crippen molar-refractivity contribution < 1.29 is 9.59 Å². The van der Waals surface area contributed by atoms with E-state index in [1.165, 1.54) is 6.92 Å². The van der Waals surface area contributed by atoms with Crippen LogP contribution in [0, 0.1) is 5.92 Å². The second kappa shape index (κ2) is 5.80. The molecular formula is C12H14BrNO2. The van der Waals surface area contributed by atoms with Crippen LogP contribution >= 0.6 is 15.9 Å². The predicted octanol–water partition coefficient (Wildman–Crippen LogP) is 3.00. The van der Waals surface area contributed by atoms with Crippen molar-refractivity contribution in [2.45, 2.75) is 20.3 Å². The van der Waals surface area contributed by atoms with E-state index in [1.54, 1.807) is 12.1 Å². The predicted molar refractivity (Wildman–Crippen MR) is 67.2 cm³/mol. The Balaban J connectivity index is 2.74. The summed E-state index contributed by atoms with van der Waals surface area (Å²) >= 11 is 3.32. The van der Waals surface area contributed by atoms with Gasteiger partial charge in [0.1, 0.15) is 5.78 Å². The Morgan fingerprint density at radius 3 is 2.62 bits per heavy atom. The highest BCUT2D eigenvalue weighted by Crippen LogP contribution is 2.17. The smallest absolute Gasteiger partial charge is 0.234 e. The summed E-state index contributed by atoms with van der Waals surface area (Å²) in [5.74, 6) is -0.901. The third kappa shape index (κ3) is 3.45. The van der Waals surface area contributed by atoms with E-state index in [0.29, 0.717) is 12.1 Å². The molecule has 1 aromatic carbocycles. The summed E-state index contributed by atoms with van der Waals surface area (Å²) in [5.41, 5.74) is 0.694. The number of Topliss-reactive ketones (excluding diaryl/α,β-unsaturated/α-hetero) is 1. The van der Waals surface area contributed by atoms with Gasteiger partial charge in [0.15, 0.2) is 0 Å². The number of carbonyl (C=O) groups is 2. The molecule has 0 spiro atoms. The van der Waals surface area contributed by atoms with E-state index in [9.17, 15) is 9.59 Å². The second-order valence-electron chi connectivity index (χ2n) is 3.57. The van der Waals surface area contributed by atoms with Gasteiger partial charge in [0.25, 0.3) is 0 Å². The van der Waals surface area contributed by atoms with Gasteiger partial charge in [-0.15, -0.1) is 0 Å². The molecule has 0 fully saturated rings. The minimum Gasteiger partial charge on any atom is -0.325 e. The van der Waals surface area contributed by atoms with Crippen LogP contribution in [0.15, 0.2) is 28.7 Å². The molecule has 0 bridgehead atoms. The van der Waals surface area contributed by atoms with Crippen molar-refractivity contribution in [3.63, 3.8) is 0 Å². The van der Waals surface area contributed by atoms with E-state index in [1.807, 2.05) is 19.1 Å². The number of carbonyl (C=O) groups excluding carboxylic acids is 2. The lowest BCUT2D eigenvalue weighted by molar-refractivity contribution is -0.129. The summed E-state index contributed by atoms with van der Waals surface area (Å²) < 4.78 is 0.890. The van der Waals surface area contributed by atoms with Gasteiger partial charge in [0.2, 0.25) is 5.91 Å². The Morgan fingerprint density at radius 2 is 2.12 bits per heavy atom. The van der Waals surface area contributed by atoms with Gasteiger partial charge < -0.3 is 5.32 Å². The largest absolute Gasteiger partial charge is 0.325 e. The molecule has 0 aliphatic carbocycles. The highest BCUT2D eigenvalue weighted by Gasteiger charge is 2.20. The van der Waals surface area contributed by atoms with Crippen molar-refractivity contribution in [3.8, 4) is 0 Å². The lowest BCUT2D eigenvalue weighted by atomic mass is 10.0. The highest BCUT2D eigenvalue weighted by molar-refractivity contribution is 9.10. The van der Waals surface area contributed by atoms with Crippen molar-refractivity contribution in [1.82, 2.24) is 0 Å². The zero-order chi connectivity index (χ0) is 12.1. The molecule has 0 radical (unpaired) electrons. The summed E-state index contributed by atoms with van der Waals surface area (Å²) in [6.07, 6.45) is 0.523.